The molecule has 16 N–H and O–H groups in total. The first-order valence-corrected chi connectivity index (χ1v) is 10.1. The number of nitrogens with zero attached hydrogens (tertiary/aromatic N) is 4. The van der Waals surface area contributed by atoms with E-state index in [4.69, 9.17) is 49.3 Å². The van der Waals surface area contributed by atoms with E-state index >= 15 is 0 Å². The maximum Gasteiger partial charge on any atom is 0.206 e. The molecular formula is C20H26N16O. The molecule has 2 rings (SSSR count). The van der Waals surface area contributed by atoms with Crippen LogP contribution in [0.4, 0.5) is 0 Å². The second kappa shape index (κ2) is 13.6. The zero-order valence-electron chi connectivity index (χ0n) is 19.3. The maximum atomic E-state index is 7.26. The molecule has 0 radical (unpaired) electrons. The molecule has 0 atom stereocenters. The van der Waals surface area contributed by atoms with Crippen LogP contribution in [0.1, 0.15) is 11.1 Å². The Hall–Kier alpha value is -6.00. The predicted octanol–water partition coefficient (Wildman–Crippen LogP) is -1.21. The summed E-state index contributed by atoms with van der Waals surface area (Å²) in [7, 11) is 0. The SMILES string of the molecule is N=C(N)N/N=C(\C=N\NC(=N)N)c1ccc(Oc2ccc(C(/C=N/NC(=N)N)=N\NC(=N)N)cc2)cc1. The number of rotatable bonds is 10. The second-order valence-corrected chi connectivity index (χ2v) is 6.76. The fraction of sp³-hybridized carbons (Fsp3) is 0. The number of guanidine groups is 4. The Kier molecular flexibility index (Phi) is 10.0. The van der Waals surface area contributed by atoms with Crippen LogP contribution in [0, 0.1) is 21.6 Å². The van der Waals surface area contributed by atoms with E-state index in [1.165, 1.54) is 12.4 Å². The molecule has 0 heterocycles. The quantitative estimate of drug-likeness (QED) is 0.104. The van der Waals surface area contributed by atoms with Gasteiger partial charge in [0.15, 0.2) is 0 Å². The average molecular weight is 507 g/mol. The fourth-order valence-electron chi connectivity index (χ4n) is 2.43. The first-order chi connectivity index (χ1) is 17.6. The van der Waals surface area contributed by atoms with Crippen LogP contribution >= 0.6 is 0 Å². The minimum atomic E-state index is -0.361. The number of nitrogens with one attached hydrogen (secondary N) is 8. The van der Waals surface area contributed by atoms with Gasteiger partial charge in [-0.2, -0.15) is 20.4 Å². The number of benzene rings is 2. The van der Waals surface area contributed by atoms with Gasteiger partial charge in [0.1, 0.15) is 22.9 Å². The molecule has 37 heavy (non-hydrogen) atoms. The van der Waals surface area contributed by atoms with Crippen molar-refractivity contribution >= 4 is 47.7 Å². The summed E-state index contributed by atoms with van der Waals surface area (Å²) in [6.45, 7) is 0. The standard InChI is InChI=1S/C20H26N16O/c21-17(22)33-29-9-15(31-35-19(25)26)11-1-5-13(6-2-11)37-14-7-3-12(4-8-14)16(32-36-20(27)28)10-30-34-18(23)24/h1-10H,(H4,21,22,33)(H4,23,24,34)(H4,25,26,35)(H4,27,28,36)/b29-9+,30-10+,31-15-,32-16+. The molecule has 2 aromatic rings. The van der Waals surface area contributed by atoms with Gasteiger partial charge < -0.3 is 27.7 Å². The van der Waals surface area contributed by atoms with Gasteiger partial charge in [-0.25, -0.2) is 21.7 Å². The maximum absolute atomic E-state index is 7.26. The Bertz CT molecular complexity index is 1150. The lowest BCUT2D eigenvalue weighted by molar-refractivity contribution is 0.482. The van der Waals surface area contributed by atoms with E-state index in [0.717, 1.165) is 0 Å². The molecule has 0 unspecified atom stereocenters. The van der Waals surface area contributed by atoms with E-state index in [9.17, 15) is 0 Å². The lowest BCUT2D eigenvalue weighted by Crippen LogP contribution is -2.28. The Morgan fingerprint density at radius 3 is 1.19 bits per heavy atom. The van der Waals surface area contributed by atoms with Gasteiger partial charge in [0, 0.05) is 11.1 Å². The highest BCUT2D eigenvalue weighted by atomic mass is 16.5. The third-order valence-electron chi connectivity index (χ3n) is 3.87. The summed E-state index contributed by atoms with van der Waals surface area (Å²) in [5.41, 5.74) is 32.0. The monoisotopic (exact) mass is 506 g/mol. The number of hydrazone groups is 4. The molecule has 0 saturated carbocycles. The zero-order valence-corrected chi connectivity index (χ0v) is 19.3. The summed E-state index contributed by atoms with van der Waals surface area (Å²) in [5, 5.41) is 44.4. The molecule has 0 bridgehead atoms. The molecule has 192 valence electrons. The van der Waals surface area contributed by atoms with Crippen molar-refractivity contribution < 1.29 is 4.74 Å². The molecule has 0 fully saturated rings. The third-order valence-corrected chi connectivity index (χ3v) is 3.87. The van der Waals surface area contributed by atoms with Crippen LogP contribution in [-0.2, 0) is 0 Å². The summed E-state index contributed by atoms with van der Waals surface area (Å²) in [6, 6.07) is 13.6. The van der Waals surface area contributed by atoms with Gasteiger partial charge in [-0.1, -0.05) is 0 Å². The van der Waals surface area contributed by atoms with Crippen LogP contribution in [0.2, 0.25) is 0 Å². The normalized spacial score (nSPS) is 11.7. The molecule has 0 aromatic heterocycles. The Morgan fingerprint density at radius 1 is 0.568 bits per heavy atom. The Labute approximate surface area is 210 Å². The lowest BCUT2D eigenvalue weighted by atomic mass is 10.1. The highest BCUT2D eigenvalue weighted by Gasteiger charge is 2.06. The van der Waals surface area contributed by atoms with Crippen molar-refractivity contribution in [3.8, 4) is 11.5 Å². The zero-order chi connectivity index (χ0) is 27.2. The minimum absolute atomic E-state index is 0.312. The molecule has 17 heteroatoms. The van der Waals surface area contributed by atoms with Gasteiger partial charge in [0.25, 0.3) is 0 Å². The Morgan fingerprint density at radius 2 is 0.892 bits per heavy atom. The molecule has 2 aromatic carbocycles. The number of hydrogen-bond acceptors (Lipinski definition) is 9. The molecule has 0 spiro atoms. The van der Waals surface area contributed by atoms with Gasteiger partial charge in [0.2, 0.25) is 23.8 Å². The van der Waals surface area contributed by atoms with E-state index in [0.29, 0.717) is 34.0 Å². The molecule has 0 aliphatic carbocycles. The van der Waals surface area contributed by atoms with E-state index < -0.39 is 0 Å². The average Bonchev–Trinajstić information content (AvgIpc) is 2.84. The van der Waals surface area contributed by atoms with E-state index in [-0.39, 0.29) is 23.8 Å². The van der Waals surface area contributed by atoms with Crippen LogP contribution in [-0.4, -0.2) is 47.7 Å². The number of hydrogen-bond donors (Lipinski definition) is 12. The van der Waals surface area contributed by atoms with Gasteiger partial charge in [-0.15, -0.1) is 0 Å². The van der Waals surface area contributed by atoms with E-state index in [2.05, 4.69) is 42.1 Å². The minimum Gasteiger partial charge on any atom is -0.457 e. The Balaban J connectivity index is 2.17. The first-order valence-electron chi connectivity index (χ1n) is 10.1. The number of ether oxygens (including phenoxy) is 1. The topological polar surface area (TPSA) is 306 Å². The van der Waals surface area contributed by atoms with Crippen molar-refractivity contribution in [1.29, 1.82) is 21.6 Å². The van der Waals surface area contributed by atoms with Crippen molar-refractivity contribution in [2.24, 2.45) is 43.3 Å². The number of nitrogens with two attached hydrogens (primary N) is 4. The van der Waals surface area contributed by atoms with Crippen molar-refractivity contribution in [2.75, 3.05) is 0 Å². The third kappa shape index (κ3) is 10.2. The van der Waals surface area contributed by atoms with Gasteiger partial charge in [0.05, 0.1) is 12.4 Å². The van der Waals surface area contributed by atoms with E-state index in [1.54, 1.807) is 48.5 Å². The van der Waals surface area contributed by atoms with Crippen LogP contribution in [0.15, 0.2) is 68.9 Å². The second-order valence-electron chi connectivity index (χ2n) is 6.76. The molecule has 0 aliphatic heterocycles. The van der Waals surface area contributed by atoms with Crippen LogP contribution in [0.25, 0.3) is 0 Å². The van der Waals surface area contributed by atoms with Crippen LogP contribution < -0.4 is 49.4 Å². The van der Waals surface area contributed by atoms with Crippen LogP contribution in [0.3, 0.4) is 0 Å². The summed E-state index contributed by atoms with van der Waals surface area (Å²) in [5.74, 6) is -0.375. The molecule has 17 nitrogen and oxygen atoms in total. The highest BCUT2D eigenvalue weighted by molar-refractivity contribution is 6.38. The highest BCUT2D eigenvalue weighted by Crippen LogP contribution is 2.22. The van der Waals surface area contributed by atoms with Gasteiger partial charge in [-0.3, -0.25) is 21.6 Å². The van der Waals surface area contributed by atoms with Gasteiger partial charge >= 0.3 is 0 Å². The fourth-order valence-corrected chi connectivity index (χ4v) is 2.43. The summed E-state index contributed by atoms with van der Waals surface area (Å²) in [4.78, 5) is 0. The first kappa shape index (κ1) is 27.2. The molecular weight excluding hydrogens is 480 g/mol. The van der Waals surface area contributed by atoms with Crippen molar-refractivity contribution in [3.05, 3.63) is 59.7 Å². The molecule has 0 aliphatic rings. The van der Waals surface area contributed by atoms with Gasteiger partial charge in [-0.05, 0) is 48.5 Å². The lowest BCUT2D eigenvalue weighted by Gasteiger charge is -2.09. The van der Waals surface area contributed by atoms with Crippen LogP contribution in [0.5, 0.6) is 11.5 Å². The van der Waals surface area contributed by atoms with Crippen molar-refractivity contribution in [1.82, 2.24) is 21.7 Å². The molecule has 0 saturated heterocycles. The summed E-state index contributed by atoms with van der Waals surface area (Å²) < 4.78 is 5.87. The smallest absolute Gasteiger partial charge is 0.206 e. The van der Waals surface area contributed by atoms with Crippen molar-refractivity contribution in [2.45, 2.75) is 0 Å². The predicted molar refractivity (Wildman–Crippen MR) is 143 cm³/mol. The largest absolute Gasteiger partial charge is 0.457 e. The van der Waals surface area contributed by atoms with E-state index in [1.807, 2.05) is 0 Å². The summed E-state index contributed by atoms with van der Waals surface area (Å²) in [6.07, 6.45) is 2.61. The molecule has 0 amide bonds. The summed E-state index contributed by atoms with van der Waals surface area (Å²) >= 11 is 0. The van der Waals surface area contributed by atoms with Crippen molar-refractivity contribution in [3.63, 3.8) is 0 Å².